The smallest absolute Gasteiger partial charge is 0.337 e. The molecule has 1 rings (SSSR count). The summed E-state index contributed by atoms with van der Waals surface area (Å²) in [4.78, 5) is 11.1. The van der Waals surface area contributed by atoms with Crippen LogP contribution in [0.5, 0.6) is 0 Å². The van der Waals surface area contributed by atoms with Crippen molar-refractivity contribution in [2.24, 2.45) is 5.73 Å². The first-order valence-electron chi connectivity index (χ1n) is 3.75. The third-order valence-electron chi connectivity index (χ3n) is 1.61. The first-order chi connectivity index (χ1) is 6.17. The average Bonchev–Trinajstić information content (AvgIpc) is 2.15. The van der Waals surface area contributed by atoms with Gasteiger partial charge in [-0.1, -0.05) is 11.6 Å². The molecule has 0 atom stereocenters. The monoisotopic (exact) mass is 235 g/mol. The topological polar surface area (TPSA) is 52.3 Å². The van der Waals surface area contributed by atoms with Crippen LogP contribution in [0, 0.1) is 0 Å². The number of carbonyl (C=O) groups excluding carboxylic acids is 1. The Bertz CT molecular complexity index is 329. The molecular weight excluding hydrogens is 225 g/mol. The number of hydrogen-bond acceptors (Lipinski definition) is 3. The molecule has 3 nitrogen and oxygen atoms in total. The van der Waals surface area contributed by atoms with Gasteiger partial charge in [0.1, 0.15) is 0 Å². The van der Waals surface area contributed by atoms with Gasteiger partial charge in [0, 0.05) is 11.6 Å². The van der Waals surface area contributed by atoms with E-state index in [2.05, 4.69) is 4.74 Å². The number of rotatable bonds is 2. The standard InChI is InChI=1S/C9H10ClNO2.ClH/c1-13-9(12)7-2-6(5-11)3-8(10)4-7;/h2-4H,5,11H2,1H3;1H. The second-order valence-electron chi connectivity index (χ2n) is 2.54. The van der Waals surface area contributed by atoms with Crippen LogP contribution in [0.15, 0.2) is 18.2 Å². The summed E-state index contributed by atoms with van der Waals surface area (Å²) in [5, 5.41) is 0.489. The SMILES string of the molecule is COC(=O)c1cc(Cl)cc(CN)c1.Cl. The molecule has 0 bridgehead atoms. The normalized spacial score (nSPS) is 9.07. The van der Waals surface area contributed by atoms with Crippen molar-refractivity contribution in [3.8, 4) is 0 Å². The molecule has 78 valence electrons. The Morgan fingerprint density at radius 1 is 1.50 bits per heavy atom. The van der Waals surface area contributed by atoms with Crippen LogP contribution in [0.1, 0.15) is 15.9 Å². The van der Waals surface area contributed by atoms with E-state index >= 15 is 0 Å². The molecule has 1 aromatic rings. The lowest BCUT2D eigenvalue weighted by Gasteiger charge is -2.02. The first-order valence-corrected chi connectivity index (χ1v) is 4.13. The molecule has 0 saturated carbocycles. The fraction of sp³-hybridized carbons (Fsp3) is 0.222. The van der Waals surface area contributed by atoms with Crippen LogP contribution in [-0.4, -0.2) is 13.1 Å². The maximum atomic E-state index is 11.1. The quantitative estimate of drug-likeness (QED) is 0.799. The van der Waals surface area contributed by atoms with Gasteiger partial charge in [-0.3, -0.25) is 0 Å². The molecule has 0 heterocycles. The summed E-state index contributed by atoms with van der Waals surface area (Å²) in [5.41, 5.74) is 6.66. The molecule has 0 aliphatic rings. The summed E-state index contributed by atoms with van der Waals surface area (Å²) < 4.78 is 4.55. The molecule has 0 aliphatic carbocycles. The molecule has 14 heavy (non-hydrogen) atoms. The molecule has 0 fully saturated rings. The van der Waals surface area contributed by atoms with E-state index in [0.29, 0.717) is 17.1 Å². The molecule has 0 aliphatic heterocycles. The van der Waals surface area contributed by atoms with Crippen LogP contribution in [0.4, 0.5) is 0 Å². The summed E-state index contributed by atoms with van der Waals surface area (Å²) in [5.74, 6) is -0.405. The summed E-state index contributed by atoms with van der Waals surface area (Å²) in [6, 6.07) is 4.93. The lowest BCUT2D eigenvalue weighted by Crippen LogP contribution is -2.04. The number of methoxy groups -OCH3 is 1. The van der Waals surface area contributed by atoms with Crippen molar-refractivity contribution < 1.29 is 9.53 Å². The molecule has 0 saturated heterocycles. The lowest BCUT2D eigenvalue weighted by atomic mass is 10.1. The number of halogens is 2. The zero-order valence-corrected chi connectivity index (χ0v) is 9.19. The number of carbonyl (C=O) groups is 1. The highest BCUT2D eigenvalue weighted by atomic mass is 35.5. The fourth-order valence-electron chi connectivity index (χ4n) is 1.00. The Morgan fingerprint density at radius 3 is 2.64 bits per heavy atom. The Balaban J connectivity index is 0.00000169. The first kappa shape index (κ1) is 13.2. The van der Waals surface area contributed by atoms with Gasteiger partial charge in [-0.2, -0.15) is 0 Å². The van der Waals surface area contributed by atoms with E-state index < -0.39 is 5.97 Å². The van der Waals surface area contributed by atoms with Gasteiger partial charge in [0.2, 0.25) is 0 Å². The van der Waals surface area contributed by atoms with E-state index in [1.54, 1.807) is 18.2 Å². The number of nitrogens with two attached hydrogens (primary N) is 1. The highest BCUT2D eigenvalue weighted by Gasteiger charge is 2.06. The molecule has 0 radical (unpaired) electrons. The highest BCUT2D eigenvalue weighted by molar-refractivity contribution is 6.31. The Labute approximate surface area is 93.6 Å². The van der Waals surface area contributed by atoms with E-state index in [1.807, 2.05) is 0 Å². The molecule has 5 heteroatoms. The molecule has 0 spiro atoms. The highest BCUT2D eigenvalue weighted by Crippen LogP contribution is 2.15. The van der Waals surface area contributed by atoms with Gasteiger partial charge >= 0.3 is 5.97 Å². The maximum absolute atomic E-state index is 11.1. The van der Waals surface area contributed by atoms with Crippen LogP contribution in [0.2, 0.25) is 5.02 Å². The zero-order chi connectivity index (χ0) is 9.84. The van der Waals surface area contributed by atoms with Crippen LogP contribution >= 0.6 is 24.0 Å². The van der Waals surface area contributed by atoms with E-state index in [4.69, 9.17) is 17.3 Å². The molecular formula is C9H11Cl2NO2. The van der Waals surface area contributed by atoms with E-state index in [9.17, 15) is 4.79 Å². The van der Waals surface area contributed by atoms with Crippen molar-refractivity contribution in [3.05, 3.63) is 34.3 Å². The maximum Gasteiger partial charge on any atom is 0.337 e. The van der Waals surface area contributed by atoms with Gasteiger partial charge in [0.05, 0.1) is 12.7 Å². The molecule has 2 N–H and O–H groups in total. The van der Waals surface area contributed by atoms with Crippen molar-refractivity contribution in [1.82, 2.24) is 0 Å². The minimum absolute atomic E-state index is 0. The third-order valence-corrected chi connectivity index (χ3v) is 1.83. The Hall–Kier alpha value is -0.770. The Kier molecular flexibility index (Phi) is 5.53. The molecule has 0 unspecified atom stereocenters. The fourth-order valence-corrected chi connectivity index (χ4v) is 1.26. The van der Waals surface area contributed by atoms with Crippen LogP contribution < -0.4 is 5.73 Å². The van der Waals surface area contributed by atoms with Crippen molar-refractivity contribution in [2.45, 2.75) is 6.54 Å². The van der Waals surface area contributed by atoms with Crippen molar-refractivity contribution in [3.63, 3.8) is 0 Å². The summed E-state index contributed by atoms with van der Waals surface area (Å²) in [6.07, 6.45) is 0. The van der Waals surface area contributed by atoms with Crippen LogP contribution in [0.3, 0.4) is 0 Å². The summed E-state index contributed by atoms with van der Waals surface area (Å²) >= 11 is 5.77. The van der Waals surface area contributed by atoms with Crippen molar-refractivity contribution in [1.29, 1.82) is 0 Å². The Morgan fingerprint density at radius 2 is 2.14 bits per heavy atom. The summed E-state index contributed by atoms with van der Waals surface area (Å²) in [6.45, 7) is 0.352. The zero-order valence-electron chi connectivity index (χ0n) is 7.62. The second-order valence-corrected chi connectivity index (χ2v) is 2.98. The third kappa shape index (κ3) is 3.18. The van der Waals surface area contributed by atoms with Gasteiger partial charge in [-0.15, -0.1) is 12.4 Å². The number of esters is 1. The predicted octanol–water partition coefficient (Wildman–Crippen LogP) is 2.01. The van der Waals surface area contributed by atoms with Gasteiger partial charge in [0.15, 0.2) is 0 Å². The average molecular weight is 236 g/mol. The second kappa shape index (κ2) is 5.86. The minimum Gasteiger partial charge on any atom is -0.465 e. The van der Waals surface area contributed by atoms with Crippen molar-refractivity contribution in [2.75, 3.05) is 7.11 Å². The number of hydrogen-bond donors (Lipinski definition) is 1. The van der Waals surface area contributed by atoms with Gasteiger partial charge in [-0.05, 0) is 23.8 Å². The van der Waals surface area contributed by atoms with E-state index in [1.165, 1.54) is 7.11 Å². The van der Waals surface area contributed by atoms with Crippen LogP contribution in [-0.2, 0) is 11.3 Å². The van der Waals surface area contributed by atoms with E-state index in [0.717, 1.165) is 5.56 Å². The molecule has 0 aromatic heterocycles. The van der Waals surface area contributed by atoms with E-state index in [-0.39, 0.29) is 12.4 Å². The van der Waals surface area contributed by atoms with Crippen molar-refractivity contribution >= 4 is 30.0 Å². The predicted molar refractivity (Wildman–Crippen MR) is 57.9 cm³/mol. The van der Waals surface area contributed by atoms with Crippen LogP contribution in [0.25, 0.3) is 0 Å². The minimum atomic E-state index is -0.405. The summed E-state index contributed by atoms with van der Waals surface area (Å²) in [7, 11) is 1.32. The van der Waals surface area contributed by atoms with Gasteiger partial charge in [0.25, 0.3) is 0 Å². The lowest BCUT2D eigenvalue weighted by molar-refractivity contribution is 0.0600. The molecule has 1 aromatic carbocycles. The number of benzene rings is 1. The molecule has 0 amide bonds. The number of ether oxygens (including phenoxy) is 1. The van der Waals surface area contributed by atoms with Gasteiger partial charge < -0.3 is 10.5 Å². The van der Waals surface area contributed by atoms with Gasteiger partial charge in [-0.25, -0.2) is 4.79 Å². The largest absolute Gasteiger partial charge is 0.465 e.